The van der Waals surface area contributed by atoms with Gasteiger partial charge < -0.3 is 4.74 Å². The van der Waals surface area contributed by atoms with E-state index in [4.69, 9.17) is 4.74 Å². The van der Waals surface area contributed by atoms with E-state index >= 15 is 0 Å². The first-order valence-corrected chi connectivity index (χ1v) is 11.0. The molecule has 0 unspecified atom stereocenters. The summed E-state index contributed by atoms with van der Waals surface area (Å²) in [6.07, 6.45) is 1.93. The van der Waals surface area contributed by atoms with Gasteiger partial charge in [-0.1, -0.05) is 13.8 Å². The average Bonchev–Trinajstić information content (AvgIpc) is 2.99. The van der Waals surface area contributed by atoms with Crippen molar-refractivity contribution in [2.45, 2.75) is 40.5 Å². The fourth-order valence-electron chi connectivity index (χ4n) is 3.24. The Morgan fingerprint density at radius 3 is 2.50 bits per heavy atom. The molecule has 2 aromatic carbocycles. The highest BCUT2D eigenvalue weighted by Gasteiger charge is 2.32. The summed E-state index contributed by atoms with van der Waals surface area (Å²) in [5.74, 6) is 0.821. The van der Waals surface area contributed by atoms with E-state index in [0.717, 1.165) is 22.4 Å². The van der Waals surface area contributed by atoms with Crippen LogP contribution in [0.25, 0.3) is 6.08 Å². The molecule has 1 aliphatic heterocycles. The average molecular weight is 427 g/mol. The first kappa shape index (κ1) is 22.1. The van der Waals surface area contributed by atoms with Crippen molar-refractivity contribution in [3.8, 4) is 5.75 Å². The molecule has 4 nitrogen and oxygen atoms in total. The molecule has 0 aliphatic carbocycles. The highest BCUT2D eigenvalue weighted by Crippen LogP contribution is 2.36. The minimum Gasteiger partial charge on any atom is -0.494 e. The Kier molecular flexibility index (Phi) is 6.98. The van der Waals surface area contributed by atoms with Gasteiger partial charge in [0.25, 0.3) is 5.91 Å². The van der Waals surface area contributed by atoms with Gasteiger partial charge >= 0.3 is 0 Å². The number of amides is 1. The molecular weight excluding hydrogens is 399 g/mol. The quantitative estimate of drug-likeness (QED) is 0.511. The van der Waals surface area contributed by atoms with Crippen LogP contribution < -0.4 is 4.74 Å². The second kappa shape index (κ2) is 9.47. The first-order chi connectivity index (χ1) is 14.3. The number of likely N-dealkylation sites (N-methyl/N-ethyl adjacent to an activating group) is 1. The zero-order valence-electron chi connectivity index (χ0n) is 18.0. The number of carbonyl (C=O) groups is 1. The lowest BCUT2D eigenvalue weighted by molar-refractivity contribution is -0.122. The van der Waals surface area contributed by atoms with E-state index in [1.54, 1.807) is 17.0 Å². The van der Waals surface area contributed by atoms with Crippen LogP contribution in [0.4, 0.5) is 10.1 Å². The van der Waals surface area contributed by atoms with Gasteiger partial charge in [0.1, 0.15) is 11.6 Å². The van der Waals surface area contributed by atoms with Crippen LogP contribution >= 0.6 is 11.8 Å². The summed E-state index contributed by atoms with van der Waals surface area (Å²) in [5, 5.41) is 0.605. The lowest BCUT2D eigenvalue weighted by atomic mass is 9.96. The molecule has 0 aromatic heterocycles. The Bertz CT molecular complexity index is 997. The minimum absolute atomic E-state index is 0.0669. The van der Waals surface area contributed by atoms with Crippen molar-refractivity contribution >= 4 is 34.6 Å². The van der Waals surface area contributed by atoms with E-state index in [1.165, 1.54) is 23.9 Å². The van der Waals surface area contributed by atoms with Crippen LogP contribution in [-0.2, 0) is 4.79 Å². The minimum atomic E-state index is -0.311. The molecule has 158 valence electrons. The van der Waals surface area contributed by atoms with E-state index in [9.17, 15) is 9.18 Å². The third-order valence-corrected chi connectivity index (χ3v) is 5.87. The number of ether oxygens (including phenoxy) is 1. The zero-order chi connectivity index (χ0) is 21.8. The summed E-state index contributed by atoms with van der Waals surface area (Å²) >= 11 is 1.35. The highest BCUT2D eigenvalue weighted by atomic mass is 32.2. The largest absolute Gasteiger partial charge is 0.494 e. The SMILES string of the molecule is CCOc1cc(C)c(/C=C2/SC(=Nc3ccc(F)cc3)N(CC)C2=O)cc1C(C)C. The van der Waals surface area contributed by atoms with Gasteiger partial charge in [-0.15, -0.1) is 0 Å². The predicted molar refractivity (Wildman–Crippen MR) is 123 cm³/mol. The number of carbonyl (C=O) groups excluding carboxylic acids is 1. The van der Waals surface area contributed by atoms with Crippen molar-refractivity contribution in [3.63, 3.8) is 0 Å². The molecule has 1 amide bonds. The van der Waals surface area contributed by atoms with Crippen LogP contribution in [0.1, 0.15) is 50.3 Å². The summed E-state index contributed by atoms with van der Waals surface area (Å²) in [5.41, 5.74) is 3.79. The lowest BCUT2D eigenvalue weighted by Crippen LogP contribution is -2.28. The summed E-state index contributed by atoms with van der Waals surface area (Å²) in [4.78, 5) is 19.8. The number of hydrogen-bond acceptors (Lipinski definition) is 4. The molecule has 0 N–H and O–H groups in total. The van der Waals surface area contributed by atoms with E-state index in [0.29, 0.717) is 34.8 Å². The molecule has 1 fully saturated rings. The number of amidine groups is 1. The molecule has 6 heteroatoms. The van der Waals surface area contributed by atoms with Gasteiger partial charge in [-0.3, -0.25) is 9.69 Å². The van der Waals surface area contributed by atoms with E-state index in [-0.39, 0.29) is 11.7 Å². The Morgan fingerprint density at radius 1 is 1.20 bits per heavy atom. The number of benzene rings is 2. The van der Waals surface area contributed by atoms with Gasteiger partial charge in [-0.25, -0.2) is 9.38 Å². The van der Waals surface area contributed by atoms with Gasteiger partial charge in [0, 0.05) is 6.54 Å². The van der Waals surface area contributed by atoms with Gasteiger partial charge in [-0.05, 0) is 97.6 Å². The smallest absolute Gasteiger partial charge is 0.266 e. The maximum Gasteiger partial charge on any atom is 0.266 e. The van der Waals surface area contributed by atoms with E-state index < -0.39 is 0 Å². The Morgan fingerprint density at radius 2 is 1.90 bits per heavy atom. The van der Waals surface area contributed by atoms with Crippen molar-refractivity contribution in [1.29, 1.82) is 0 Å². The molecule has 0 radical (unpaired) electrons. The van der Waals surface area contributed by atoms with Crippen LogP contribution in [0.15, 0.2) is 46.3 Å². The van der Waals surface area contributed by atoms with Gasteiger partial charge in [-0.2, -0.15) is 0 Å². The summed E-state index contributed by atoms with van der Waals surface area (Å²) in [7, 11) is 0. The first-order valence-electron chi connectivity index (χ1n) is 10.2. The number of nitrogens with zero attached hydrogens (tertiary/aromatic N) is 2. The van der Waals surface area contributed by atoms with Crippen molar-refractivity contribution < 1.29 is 13.9 Å². The normalized spacial score (nSPS) is 16.9. The second-order valence-electron chi connectivity index (χ2n) is 7.37. The molecule has 0 spiro atoms. The number of aliphatic imine (C=N–C) groups is 1. The maximum absolute atomic E-state index is 13.2. The molecule has 0 saturated carbocycles. The molecule has 1 aliphatic rings. The topological polar surface area (TPSA) is 41.9 Å². The van der Waals surface area contributed by atoms with Crippen LogP contribution in [-0.4, -0.2) is 29.1 Å². The van der Waals surface area contributed by atoms with Gasteiger partial charge in [0.15, 0.2) is 5.17 Å². The molecule has 1 heterocycles. The molecule has 0 atom stereocenters. The number of aryl methyl sites for hydroxylation is 1. The summed E-state index contributed by atoms with van der Waals surface area (Å²) < 4.78 is 19.0. The van der Waals surface area contributed by atoms with E-state index in [1.807, 2.05) is 32.9 Å². The number of hydrogen-bond donors (Lipinski definition) is 0. The van der Waals surface area contributed by atoms with Crippen LogP contribution in [0.3, 0.4) is 0 Å². The standard InChI is InChI=1S/C24H27FN2O2S/c1-6-27-23(28)22(30-24(27)26-19-10-8-18(25)9-11-19)14-17-13-20(15(3)4)21(29-7-2)12-16(17)5/h8-15H,6-7H2,1-5H3/b22-14+,26-24?. The van der Waals surface area contributed by atoms with Crippen molar-refractivity contribution in [2.75, 3.05) is 13.2 Å². The Hall–Kier alpha value is -2.60. The third-order valence-electron chi connectivity index (χ3n) is 4.86. The van der Waals surface area contributed by atoms with Crippen LogP contribution in [0.5, 0.6) is 5.75 Å². The lowest BCUT2D eigenvalue weighted by Gasteiger charge is -2.16. The monoisotopic (exact) mass is 426 g/mol. The van der Waals surface area contributed by atoms with Gasteiger partial charge in [0.2, 0.25) is 0 Å². The fourth-order valence-corrected chi connectivity index (χ4v) is 4.29. The number of halogens is 1. The second-order valence-corrected chi connectivity index (χ2v) is 8.37. The summed E-state index contributed by atoms with van der Waals surface area (Å²) in [6.45, 7) is 11.3. The fraction of sp³-hybridized carbons (Fsp3) is 0.333. The number of thioether (sulfide) groups is 1. The molecule has 30 heavy (non-hydrogen) atoms. The zero-order valence-corrected chi connectivity index (χ0v) is 18.8. The van der Waals surface area contributed by atoms with Crippen molar-refractivity contribution in [2.24, 2.45) is 4.99 Å². The molecule has 1 saturated heterocycles. The molecule has 2 aromatic rings. The van der Waals surface area contributed by atoms with E-state index in [2.05, 4.69) is 24.9 Å². The summed E-state index contributed by atoms with van der Waals surface area (Å²) in [6, 6.07) is 10.1. The molecule has 0 bridgehead atoms. The van der Waals surface area contributed by atoms with Crippen LogP contribution in [0.2, 0.25) is 0 Å². The molecule has 3 rings (SSSR count). The number of rotatable bonds is 6. The molecular formula is C24H27FN2O2S. The maximum atomic E-state index is 13.2. The Balaban J connectivity index is 1.98. The van der Waals surface area contributed by atoms with Crippen molar-refractivity contribution in [3.05, 3.63) is 63.8 Å². The predicted octanol–water partition coefficient (Wildman–Crippen LogP) is 6.28. The van der Waals surface area contributed by atoms with Crippen molar-refractivity contribution in [1.82, 2.24) is 4.90 Å². The van der Waals surface area contributed by atoms with Crippen LogP contribution in [0, 0.1) is 12.7 Å². The Labute approximate surface area is 181 Å². The van der Waals surface area contributed by atoms with Gasteiger partial charge in [0.05, 0.1) is 17.2 Å². The third kappa shape index (κ3) is 4.75. The highest BCUT2D eigenvalue weighted by molar-refractivity contribution is 8.18.